The van der Waals surface area contributed by atoms with Gasteiger partial charge in [-0.15, -0.1) is 0 Å². The molecule has 7 heteroatoms. The van der Waals surface area contributed by atoms with Crippen LogP contribution in [0.4, 0.5) is 15.8 Å². The number of rotatable bonds is 5. The van der Waals surface area contributed by atoms with Crippen LogP contribution in [0.1, 0.15) is 6.92 Å². The Balaban J connectivity index is 2.09. The van der Waals surface area contributed by atoms with Gasteiger partial charge < -0.3 is 10.1 Å². The monoisotopic (exact) mass is 304 g/mol. The zero-order valence-corrected chi connectivity index (χ0v) is 11.7. The van der Waals surface area contributed by atoms with Gasteiger partial charge in [-0.1, -0.05) is 24.3 Å². The molecule has 2 aromatic carbocycles. The summed E-state index contributed by atoms with van der Waals surface area (Å²) in [5, 5.41) is 13.3. The summed E-state index contributed by atoms with van der Waals surface area (Å²) >= 11 is 0. The fourth-order valence-electron chi connectivity index (χ4n) is 1.75. The summed E-state index contributed by atoms with van der Waals surface area (Å²) in [4.78, 5) is 22.3. The summed E-state index contributed by atoms with van der Waals surface area (Å²) in [5.74, 6) is -1.21. The van der Waals surface area contributed by atoms with E-state index in [1.54, 1.807) is 12.1 Å². The molecule has 0 unspecified atom stereocenters. The molecule has 0 bridgehead atoms. The van der Waals surface area contributed by atoms with E-state index in [1.165, 1.54) is 43.3 Å². The number of halogens is 1. The molecule has 0 saturated carbocycles. The van der Waals surface area contributed by atoms with Gasteiger partial charge in [-0.05, 0) is 25.1 Å². The van der Waals surface area contributed by atoms with Crippen molar-refractivity contribution < 1.29 is 18.8 Å². The summed E-state index contributed by atoms with van der Waals surface area (Å²) in [6.45, 7) is 1.42. The predicted octanol–water partition coefficient (Wildman–Crippen LogP) is 3.14. The summed E-state index contributed by atoms with van der Waals surface area (Å²) in [7, 11) is 0. The van der Waals surface area contributed by atoms with Gasteiger partial charge in [0.05, 0.1) is 10.6 Å². The molecule has 2 rings (SSSR count). The largest absolute Gasteiger partial charge is 0.474 e. The first-order valence-corrected chi connectivity index (χ1v) is 6.44. The summed E-state index contributed by atoms with van der Waals surface area (Å²) in [6.07, 6.45) is -1.03. The van der Waals surface area contributed by atoms with Gasteiger partial charge in [-0.3, -0.25) is 14.9 Å². The van der Waals surface area contributed by atoms with Crippen LogP contribution in [-0.2, 0) is 4.79 Å². The third-order valence-corrected chi connectivity index (χ3v) is 2.87. The highest BCUT2D eigenvalue weighted by molar-refractivity contribution is 5.94. The number of carbonyl (C=O) groups is 1. The topological polar surface area (TPSA) is 81.5 Å². The quantitative estimate of drug-likeness (QED) is 0.679. The second-order valence-electron chi connectivity index (χ2n) is 4.45. The predicted molar refractivity (Wildman–Crippen MR) is 78.2 cm³/mol. The fraction of sp³-hybridized carbons (Fsp3) is 0.133. The SMILES string of the molecule is C[C@H](Oc1ccccc1[N+](=O)[O-])C(=O)Nc1ccccc1F. The first-order valence-electron chi connectivity index (χ1n) is 6.44. The van der Waals surface area contributed by atoms with E-state index in [0.29, 0.717) is 0 Å². The molecular weight excluding hydrogens is 291 g/mol. The zero-order chi connectivity index (χ0) is 16.1. The average Bonchev–Trinajstić information content (AvgIpc) is 2.49. The van der Waals surface area contributed by atoms with Gasteiger partial charge in [-0.2, -0.15) is 0 Å². The number of hydrogen-bond acceptors (Lipinski definition) is 4. The lowest BCUT2D eigenvalue weighted by molar-refractivity contribution is -0.386. The molecule has 1 amide bonds. The van der Waals surface area contributed by atoms with E-state index in [0.717, 1.165) is 0 Å². The lowest BCUT2D eigenvalue weighted by Crippen LogP contribution is -2.30. The van der Waals surface area contributed by atoms with Crippen LogP contribution < -0.4 is 10.1 Å². The Morgan fingerprint density at radius 1 is 1.23 bits per heavy atom. The van der Waals surface area contributed by atoms with Crippen molar-refractivity contribution in [3.05, 3.63) is 64.5 Å². The zero-order valence-electron chi connectivity index (χ0n) is 11.7. The number of ether oxygens (including phenoxy) is 1. The van der Waals surface area contributed by atoms with Crippen LogP contribution in [0, 0.1) is 15.9 Å². The third-order valence-electron chi connectivity index (χ3n) is 2.87. The molecule has 6 nitrogen and oxygen atoms in total. The molecule has 114 valence electrons. The van der Waals surface area contributed by atoms with Crippen molar-refractivity contribution in [2.45, 2.75) is 13.0 Å². The van der Waals surface area contributed by atoms with E-state index in [2.05, 4.69) is 5.32 Å². The highest BCUT2D eigenvalue weighted by Crippen LogP contribution is 2.27. The van der Waals surface area contributed by atoms with E-state index in [-0.39, 0.29) is 17.1 Å². The maximum absolute atomic E-state index is 13.5. The van der Waals surface area contributed by atoms with Crippen LogP contribution >= 0.6 is 0 Å². The fourth-order valence-corrected chi connectivity index (χ4v) is 1.75. The van der Waals surface area contributed by atoms with Crippen molar-refractivity contribution in [1.29, 1.82) is 0 Å². The first kappa shape index (κ1) is 15.4. The number of amides is 1. The van der Waals surface area contributed by atoms with Gasteiger partial charge in [0.2, 0.25) is 0 Å². The minimum atomic E-state index is -1.03. The first-order chi connectivity index (χ1) is 10.5. The molecule has 2 aromatic rings. The van der Waals surface area contributed by atoms with Crippen molar-refractivity contribution in [2.75, 3.05) is 5.32 Å². The molecule has 22 heavy (non-hydrogen) atoms. The number of nitrogens with zero attached hydrogens (tertiary/aromatic N) is 1. The molecule has 0 aliphatic carbocycles. The third kappa shape index (κ3) is 3.57. The smallest absolute Gasteiger partial charge is 0.310 e. The number of nitro groups is 1. The second-order valence-corrected chi connectivity index (χ2v) is 4.45. The molecule has 0 heterocycles. The molecule has 0 saturated heterocycles. The maximum Gasteiger partial charge on any atom is 0.310 e. The molecule has 0 radical (unpaired) electrons. The minimum Gasteiger partial charge on any atom is -0.474 e. The van der Waals surface area contributed by atoms with Gasteiger partial charge in [0.1, 0.15) is 5.82 Å². The van der Waals surface area contributed by atoms with Gasteiger partial charge >= 0.3 is 5.69 Å². The van der Waals surface area contributed by atoms with E-state index < -0.39 is 22.8 Å². The van der Waals surface area contributed by atoms with Gasteiger partial charge in [0, 0.05) is 6.07 Å². The number of para-hydroxylation sites is 3. The Kier molecular flexibility index (Phi) is 4.67. The molecule has 0 aliphatic heterocycles. The van der Waals surface area contributed by atoms with E-state index in [4.69, 9.17) is 4.74 Å². The number of nitrogens with one attached hydrogen (secondary N) is 1. The minimum absolute atomic E-state index is 0.0190. The Morgan fingerprint density at radius 3 is 2.55 bits per heavy atom. The summed E-state index contributed by atoms with van der Waals surface area (Å²) in [6, 6.07) is 11.4. The van der Waals surface area contributed by atoms with Gasteiger partial charge in [-0.25, -0.2) is 4.39 Å². The molecule has 0 spiro atoms. The van der Waals surface area contributed by atoms with E-state index >= 15 is 0 Å². The van der Waals surface area contributed by atoms with Gasteiger partial charge in [0.15, 0.2) is 11.9 Å². The molecule has 1 atom stereocenters. The second kappa shape index (κ2) is 6.66. The molecule has 0 aromatic heterocycles. The van der Waals surface area contributed by atoms with Crippen molar-refractivity contribution >= 4 is 17.3 Å². The van der Waals surface area contributed by atoms with E-state index in [9.17, 15) is 19.3 Å². The number of carbonyl (C=O) groups excluding carboxylic acids is 1. The van der Waals surface area contributed by atoms with Crippen LogP contribution in [0.3, 0.4) is 0 Å². The van der Waals surface area contributed by atoms with Crippen LogP contribution in [0.15, 0.2) is 48.5 Å². The Morgan fingerprint density at radius 2 is 1.86 bits per heavy atom. The normalized spacial score (nSPS) is 11.5. The van der Waals surface area contributed by atoms with Crippen molar-refractivity contribution in [2.24, 2.45) is 0 Å². The van der Waals surface area contributed by atoms with Gasteiger partial charge in [0.25, 0.3) is 5.91 Å². The highest BCUT2D eigenvalue weighted by Gasteiger charge is 2.21. The number of nitro benzene ring substituents is 1. The number of anilines is 1. The Labute approximate surface area is 125 Å². The van der Waals surface area contributed by atoms with Crippen LogP contribution in [0.25, 0.3) is 0 Å². The average molecular weight is 304 g/mol. The lowest BCUT2D eigenvalue weighted by atomic mass is 10.2. The summed E-state index contributed by atoms with van der Waals surface area (Å²) in [5.41, 5.74) is -0.224. The van der Waals surface area contributed by atoms with Crippen LogP contribution in [0.5, 0.6) is 5.75 Å². The van der Waals surface area contributed by atoms with Crippen LogP contribution in [0.2, 0.25) is 0 Å². The maximum atomic E-state index is 13.5. The molecule has 1 N–H and O–H groups in total. The highest BCUT2D eigenvalue weighted by atomic mass is 19.1. The Bertz CT molecular complexity index is 705. The summed E-state index contributed by atoms with van der Waals surface area (Å²) < 4.78 is 18.8. The molecule has 0 aliphatic rings. The Hall–Kier alpha value is -2.96. The number of benzene rings is 2. The lowest BCUT2D eigenvalue weighted by Gasteiger charge is -2.15. The molecule has 0 fully saturated rings. The van der Waals surface area contributed by atoms with E-state index in [1.807, 2.05) is 0 Å². The van der Waals surface area contributed by atoms with Crippen molar-refractivity contribution in [3.63, 3.8) is 0 Å². The van der Waals surface area contributed by atoms with Crippen molar-refractivity contribution in [1.82, 2.24) is 0 Å². The van der Waals surface area contributed by atoms with Crippen LogP contribution in [-0.4, -0.2) is 16.9 Å². The standard InChI is InChI=1S/C15H13FN2O4/c1-10(15(19)17-12-7-3-2-6-11(12)16)22-14-9-5-4-8-13(14)18(20)21/h2-10H,1H3,(H,17,19)/t10-/m0/s1. The number of hydrogen-bond donors (Lipinski definition) is 1. The van der Waals surface area contributed by atoms with Crippen molar-refractivity contribution in [3.8, 4) is 5.75 Å². The molecular formula is C15H13FN2O4.